The molecule has 2 atom stereocenters. The molecule has 0 aromatic heterocycles. The monoisotopic (exact) mass is 535 g/mol. The third-order valence-electron chi connectivity index (χ3n) is 6.74. The number of carbonyl (C=O) groups excluding carboxylic acids is 1. The van der Waals surface area contributed by atoms with Gasteiger partial charge in [-0.2, -0.15) is 0 Å². The lowest BCUT2D eigenvalue weighted by molar-refractivity contribution is -0.108. The third kappa shape index (κ3) is 12.8. The first-order chi connectivity index (χ1) is 18.8. The number of rotatable bonds is 15. The normalized spacial score (nSPS) is 13.1. The predicted octanol–water partition coefficient (Wildman–Crippen LogP) is 6.55. The van der Waals surface area contributed by atoms with Crippen LogP contribution >= 0.6 is 0 Å². The molecule has 0 aliphatic heterocycles. The summed E-state index contributed by atoms with van der Waals surface area (Å²) in [6.07, 6.45) is 7.96. The van der Waals surface area contributed by atoms with Gasteiger partial charge < -0.3 is 25.3 Å². The van der Waals surface area contributed by atoms with E-state index in [4.69, 9.17) is 4.74 Å². The molecule has 0 bridgehead atoms. The number of allylic oxidation sites excluding steroid dienone is 2. The zero-order chi connectivity index (χ0) is 29.0. The van der Waals surface area contributed by atoms with Gasteiger partial charge in [-0.25, -0.2) is 0 Å². The lowest BCUT2D eigenvalue weighted by atomic mass is 9.90. The molecule has 0 aliphatic rings. The molecule has 2 unspecified atom stereocenters. The standard InChI is InChI=1S/C23H29N3O2.C10H20O/c1-17(20-7-5-6-8-21(20)27)15-22(23(25-3)26-4)28-14-13-18-9-11-19(12-10-18)16-24-2;1-4-9(3)8-10(5-2)6-7-11/h5-12,15,24,27H,1,13-14,16H2,2-4H3,(H,25,26);7,9-10H,4-6,8H2,1-3H3/b22-15+;. The van der Waals surface area contributed by atoms with E-state index in [0.29, 0.717) is 35.3 Å². The van der Waals surface area contributed by atoms with Gasteiger partial charge in [0.1, 0.15) is 12.0 Å². The predicted molar refractivity (Wildman–Crippen MR) is 165 cm³/mol. The number of hydrogen-bond acceptors (Lipinski definition) is 5. The fourth-order valence-electron chi connectivity index (χ4n) is 4.11. The highest BCUT2D eigenvalue weighted by Crippen LogP contribution is 2.25. The van der Waals surface area contributed by atoms with Crippen LogP contribution in [0.15, 0.2) is 71.9 Å². The number of aromatic hydroxyl groups is 1. The fourth-order valence-corrected chi connectivity index (χ4v) is 4.11. The van der Waals surface area contributed by atoms with Gasteiger partial charge in [-0.1, -0.05) is 82.7 Å². The van der Waals surface area contributed by atoms with Crippen molar-refractivity contribution >= 4 is 17.7 Å². The van der Waals surface area contributed by atoms with Crippen molar-refractivity contribution in [1.82, 2.24) is 10.6 Å². The second-order valence-corrected chi connectivity index (χ2v) is 9.74. The van der Waals surface area contributed by atoms with Crippen LogP contribution in [0, 0.1) is 11.8 Å². The highest BCUT2D eigenvalue weighted by molar-refractivity contribution is 5.98. The number of carbonyl (C=O) groups is 1. The molecule has 0 aliphatic carbocycles. The average Bonchev–Trinajstić information content (AvgIpc) is 2.94. The topological polar surface area (TPSA) is 82.9 Å². The maximum absolute atomic E-state index is 10.2. The van der Waals surface area contributed by atoms with Crippen molar-refractivity contribution in [2.45, 2.75) is 59.4 Å². The minimum atomic E-state index is 0.184. The van der Waals surface area contributed by atoms with Crippen LogP contribution in [0.4, 0.5) is 0 Å². The van der Waals surface area contributed by atoms with Gasteiger partial charge in [-0.15, -0.1) is 0 Å². The second-order valence-electron chi connectivity index (χ2n) is 9.74. The Balaban J connectivity index is 0.000000584. The Kier molecular flexibility index (Phi) is 17.0. The minimum absolute atomic E-state index is 0.184. The van der Waals surface area contributed by atoms with Crippen molar-refractivity contribution in [3.8, 4) is 5.75 Å². The van der Waals surface area contributed by atoms with Gasteiger partial charge in [-0.05, 0) is 54.1 Å². The van der Waals surface area contributed by atoms with Crippen molar-refractivity contribution in [3.63, 3.8) is 0 Å². The Bertz CT molecular complexity index is 1040. The van der Waals surface area contributed by atoms with Gasteiger partial charge in [0, 0.05) is 39.0 Å². The summed E-state index contributed by atoms with van der Waals surface area (Å²) in [6.45, 7) is 12.1. The maximum Gasteiger partial charge on any atom is 0.163 e. The third-order valence-corrected chi connectivity index (χ3v) is 6.74. The molecular weight excluding hydrogens is 486 g/mol. The van der Waals surface area contributed by atoms with Gasteiger partial charge >= 0.3 is 0 Å². The molecule has 0 fully saturated rings. The van der Waals surface area contributed by atoms with E-state index in [1.165, 1.54) is 24.0 Å². The molecule has 0 amide bonds. The van der Waals surface area contributed by atoms with E-state index < -0.39 is 0 Å². The highest BCUT2D eigenvalue weighted by Gasteiger charge is 2.11. The number of likely N-dealkylation sites (N-methyl/N-ethyl adjacent to an activating group) is 1. The molecule has 6 nitrogen and oxygen atoms in total. The molecule has 39 heavy (non-hydrogen) atoms. The summed E-state index contributed by atoms with van der Waals surface area (Å²) in [4.78, 5) is 14.5. The van der Waals surface area contributed by atoms with E-state index >= 15 is 0 Å². The smallest absolute Gasteiger partial charge is 0.163 e. The number of phenols is 1. The van der Waals surface area contributed by atoms with Crippen molar-refractivity contribution in [2.75, 3.05) is 27.7 Å². The first kappa shape index (κ1) is 33.6. The van der Waals surface area contributed by atoms with Crippen LogP contribution in [0.25, 0.3) is 5.57 Å². The van der Waals surface area contributed by atoms with E-state index in [1.807, 2.05) is 19.2 Å². The summed E-state index contributed by atoms with van der Waals surface area (Å²) in [5, 5.41) is 16.2. The molecule has 6 heteroatoms. The summed E-state index contributed by atoms with van der Waals surface area (Å²) < 4.78 is 6.01. The Morgan fingerprint density at radius 3 is 2.28 bits per heavy atom. The van der Waals surface area contributed by atoms with Gasteiger partial charge in [0.25, 0.3) is 0 Å². The number of para-hydroxylation sites is 1. The van der Waals surface area contributed by atoms with Crippen LogP contribution in [0.1, 0.15) is 63.1 Å². The molecule has 0 radical (unpaired) electrons. The largest absolute Gasteiger partial charge is 0.507 e. The molecule has 2 aromatic carbocycles. The molecular formula is C33H49N3O3. The molecule has 2 rings (SSSR count). The van der Waals surface area contributed by atoms with Crippen molar-refractivity contribution < 1.29 is 14.6 Å². The second kappa shape index (κ2) is 19.7. The lowest BCUT2D eigenvalue weighted by Crippen LogP contribution is -2.23. The highest BCUT2D eigenvalue weighted by atomic mass is 16.5. The Morgan fingerprint density at radius 1 is 1.08 bits per heavy atom. The number of nitrogens with zero attached hydrogens (tertiary/aromatic N) is 1. The van der Waals surface area contributed by atoms with Crippen molar-refractivity contribution in [2.24, 2.45) is 16.8 Å². The first-order valence-corrected chi connectivity index (χ1v) is 14.0. The van der Waals surface area contributed by atoms with Gasteiger partial charge in [0.05, 0.1) is 6.61 Å². The van der Waals surface area contributed by atoms with Crippen LogP contribution in [-0.4, -0.2) is 45.0 Å². The van der Waals surface area contributed by atoms with Crippen LogP contribution in [0.2, 0.25) is 0 Å². The van der Waals surface area contributed by atoms with Gasteiger partial charge in [0.2, 0.25) is 0 Å². The lowest BCUT2D eigenvalue weighted by Gasteiger charge is -2.15. The zero-order valence-electron chi connectivity index (χ0n) is 24.8. The van der Waals surface area contributed by atoms with E-state index in [9.17, 15) is 9.90 Å². The summed E-state index contributed by atoms with van der Waals surface area (Å²) in [5.74, 6) is 2.80. The number of amidine groups is 1. The number of aliphatic imine (C=N–C) groups is 1. The van der Waals surface area contributed by atoms with Gasteiger partial charge in [-0.3, -0.25) is 4.99 Å². The molecule has 2 aromatic rings. The zero-order valence-corrected chi connectivity index (χ0v) is 24.8. The first-order valence-electron chi connectivity index (χ1n) is 14.0. The van der Waals surface area contributed by atoms with E-state index in [0.717, 1.165) is 38.0 Å². The van der Waals surface area contributed by atoms with E-state index in [2.05, 4.69) is 67.2 Å². The summed E-state index contributed by atoms with van der Waals surface area (Å²) in [7, 11) is 5.43. The number of phenolic OH excluding ortho intramolecular Hbond substituents is 1. The van der Waals surface area contributed by atoms with Crippen LogP contribution in [0.5, 0.6) is 5.75 Å². The van der Waals surface area contributed by atoms with Crippen LogP contribution in [-0.2, 0) is 22.5 Å². The Labute approximate surface area is 236 Å². The number of ether oxygens (including phenoxy) is 1. The molecule has 0 heterocycles. The van der Waals surface area contributed by atoms with E-state index in [-0.39, 0.29) is 5.75 Å². The molecule has 0 spiro atoms. The van der Waals surface area contributed by atoms with Crippen LogP contribution in [0.3, 0.4) is 0 Å². The quantitative estimate of drug-likeness (QED) is 0.0792. The van der Waals surface area contributed by atoms with Crippen LogP contribution < -0.4 is 10.6 Å². The molecule has 0 saturated heterocycles. The minimum Gasteiger partial charge on any atom is -0.507 e. The SMILES string of the molecule is C=C(/C=C(/OCCc1ccc(CNC)cc1)C(=NC)NC)c1ccccc1O.CCC(C)CC(CC)CC=O. The average molecular weight is 536 g/mol. The molecule has 0 saturated carbocycles. The summed E-state index contributed by atoms with van der Waals surface area (Å²) in [5.41, 5.74) is 3.77. The Hall–Kier alpha value is -3.38. The molecule has 214 valence electrons. The maximum atomic E-state index is 10.2. The van der Waals surface area contributed by atoms with Crippen molar-refractivity contribution in [1.29, 1.82) is 0 Å². The van der Waals surface area contributed by atoms with Gasteiger partial charge in [0.15, 0.2) is 11.6 Å². The number of nitrogens with one attached hydrogen (secondary N) is 2. The summed E-state index contributed by atoms with van der Waals surface area (Å²) >= 11 is 0. The fraction of sp³-hybridized carbons (Fsp3) is 0.455. The van der Waals surface area contributed by atoms with E-state index in [1.54, 1.807) is 32.3 Å². The summed E-state index contributed by atoms with van der Waals surface area (Å²) in [6, 6.07) is 15.6. The number of benzene rings is 2. The number of aldehydes is 1. The Morgan fingerprint density at radius 2 is 1.74 bits per heavy atom. The van der Waals surface area contributed by atoms with Crippen molar-refractivity contribution in [3.05, 3.63) is 83.6 Å². The molecule has 3 N–H and O–H groups in total. The number of hydrogen-bond donors (Lipinski definition) is 3.